The first-order chi connectivity index (χ1) is 9.08. The SMILES string of the molecule is CCc1ccc(Nc2cc(C(N)=S)cc(C)n2)cc1. The number of pyridine rings is 1. The number of thiocarbonyl (C=S) groups is 1. The molecule has 1 heterocycles. The molecular weight excluding hydrogens is 254 g/mol. The van der Waals surface area contributed by atoms with E-state index < -0.39 is 0 Å². The first kappa shape index (κ1) is 13.5. The van der Waals surface area contributed by atoms with Crippen molar-refractivity contribution in [1.29, 1.82) is 0 Å². The van der Waals surface area contributed by atoms with Crippen molar-refractivity contribution in [2.45, 2.75) is 20.3 Å². The topological polar surface area (TPSA) is 50.9 Å². The predicted molar refractivity (Wildman–Crippen MR) is 84.0 cm³/mol. The Morgan fingerprint density at radius 3 is 2.53 bits per heavy atom. The molecule has 3 N–H and O–H groups in total. The highest BCUT2D eigenvalue weighted by atomic mass is 32.1. The fraction of sp³-hybridized carbons (Fsp3) is 0.200. The molecule has 0 saturated carbocycles. The molecule has 2 rings (SSSR count). The van der Waals surface area contributed by atoms with E-state index in [1.165, 1.54) is 5.56 Å². The molecule has 0 aliphatic rings. The molecule has 0 spiro atoms. The lowest BCUT2D eigenvalue weighted by atomic mass is 10.1. The Bertz CT molecular complexity index is 591. The van der Waals surface area contributed by atoms with Crippen LogP contribution >= 0.6 is 12.2 Å². The molecule has 0 amide bonds. The summed E-state index contributed by atoms with van der Waals surface area (Å²) in [5.74, 6) is 0.757. The van der Waals surface area contributed by atoms with Crippen molar-refractivity contribution in [2.75, 3.05) is 5.32 Å². The predicted octanol–water partition coefficient (Wildman–Crippen LogP) is 3.33. The van der Waals surface area contributed by atoms with E-state index in [-0.39, 0.29) is 0 Å². The summed E-state index contributed by atoms with van der Waals surface area (Å²) < 4.78 is 0. The van der Waals surface area contributed by atoms with Gasteiger partial charge in [-0.15, -0.1) is 0 Å². The molecule has 19 heavy (non-hydrogen) atoms. The average Bonchev–Trinajstić information content (AvgIpc) is 2.39. The van der Waals surface area contributed by atoms with Crippen LogP contribution in [0.15, 0.2) is 36.4 Å². The van der Waals surface area contributed by atoms with Gasteiger partial charge in [0, 0.05) is 16.9 Å². The summed E-state index contributed by atoms with van der Waals surface area (Å²) >= 11 is 5.00. The van der Waals surface area contributed by atoms with Crippen molar-refractivity contribution in [1.82, 2.24) is 4.98 Å². The molecule has 0 atom stereocenters. The number of benzene rings is 1. The first-order valence-electron chi connectivity index (χ1n) is 6.23. The lowest BCUT2D eigenvalue weighted by molar-refractivity contribution is 1.14. The molecular formula is C15H17N3S. The van der Waals surface area contributed by atoms with Crippen molar-refractivity contribution in [3.05, 3.63) is 53.2 Å². The second-order valence-corrected chi connectivity index (χ2v) is 4.86. The number of nitrogens with one attached hydrogen (secondary N) is 1. The number of aryl methyl sites for hydroxylation is 2. The second kappa shape index (κ2) is 5.80. The molecule has 4 heteroatoms. The largest absolute Gasteiger partial charge is 0.389 e. The number of nitrogens with zero attached hydrogens (tertiary/aromatic N) is 1. The van der Waals surface area contributed by atoms with Crippen molar-refractivity contribution < 1.29 is 0 Å². The van der Waals surface area contributed by atoms with E-state index in [1.54, 1.807) is 0 Å². The maximum absolute atomic E-state index is 5.66. The van der Waals surface area contributed by atoms with Crippen molar-refractivity contribution in [3.8, 4) is 0 Å². The zero-order valence-electron chi connectivity index (χ0n) is 11.1. The van der Waals surface area contributed by atoms with Crippen LogP contribution in [0.5, 0.6) is 0 Å². The minimum atomic E-state index is 0.384. The molecule has 0 aliphatic carbocycles. The highest BCUT2D eigenvalue weighted by molar-refractivity contribution is 7.80. The average molecular weight is 271 g/mol. The minimum absolute atomic E-state index is 0.384. The number of anilines is 2. The fourth-order valence-corrected chi connectivity index (χ4v) is 1.96. The van der Waals surface area contributed by atoms with Crippen LogP contribution in [0.25, 0.3) is 0 Å². The lowest BCUT2D eigenvalue weighted by Crippen LogP contribution is -2.10. The Hall–Kier alpha value is -1.94. The maximum Gasteiger partial charge on any atom is 0.131 e. The Balaban J connectivity index is 2.24. The summed E-state index contributed by atoms with van der Waals surface area (Å²) in [5.41, 5.74) is 9.69. The lowest BCUT2D eigenvalue weighted by Gasteiger charge is -2.09. The van der Waals surface area contributed by atoms with Crippen LogP contribution in [0.4, 0.5) is 11.5 Å². The second-order valence-electron chi connectivity index (χ2n) is 4.42. The van der Waals surface area contributed by atoms with E-state index in [2.05, 4.69) is 29.4 Å². The molecule has 0 aliphatic heterocycles. The molecule has 3 nitrogen and oxygen atoms in total. The van der Waals surface area contributed by atoms with Gasteiger partial charge in [-0.3, -0.25) is 0 Å². The molecule has 0 saturated heterocycles. The van der Waals surface area contributed by atoms with Crippen molar-refractivity contribution in [2.24, 2.45) is 5.73 Å². The number of hydrogen-bond acceptors (Lipinski definition) is 3. The Kier molecular flexibility index (Phi) is 4.12. The van der Waals surface area contributed by atoms with Gasteiger partial charge in [0.25, 0.3) is 0 Å². The van der Waals surface area contributed by atoms with Gasteiger partial charge in [-0.25, -0.2) is 4.98 Å². The standard InChI is InChI=1S/C15H17N3S/c1-3-11-4-6-13(7-5-11)18-14-9-12(15(16)19)8-10(2)17-14/h4-9H,3H2,1-2H3,(H2,16,19)(H,17,18). The van der Waals surface area contributed by atoms with Crippen LogP contribution in [0.3, 0.4) is 0 Å². The van der Waals surface area contributed by atoms with Gasteiger partial charge in [0.05, 0.1) is 0 Å². The Morgan fingerprint density at radius 1 is 1.26 bits per heavy atom. The number of rotatable bonds is 4. The Labute approximate surface area is 118 Å². The quantitative estimate of drug-likeness (QED) is 0.837. The molecule has 0 radical (unpaired) electrons. The summed E-state index contributed by atoms with van der Waals surface area (Å²) in [6.45, 7) is 4.06. The van der Waals surface area contributed by atoms with Gasteiger partial charge in [-0.05, 0) is 43.2 Å². The highest BCUT2D eigenvalue weighted by Gasteiger charge is 2.03. The summed E-state index contributed by atoms with van der Waals surface area (Å²) in [6, 6.07) is 12.0. The van der Waals surface area contributed by atoms with E-state index in [0.29, 0.717) is 4.99 Å². The number of nitrogens with two attached hydrogens (primary N) is 1. The third kappa shape index (κ3) is 3.51. The molecule has 98 valence electrons. The number of hydrogen-bond donors (Lipinski definition) is 2. The summed E-state index contributed by atoms with van der Waals surface area (Å²) in [5, 5.41) is 3.27. The van der Waals surface area contributed by atoms with Gasteiger partial charge >= 0.3 is 0 Å². The molecule has 1 aromatic carbocycles. The third-order valence-corrected chi connectivity index (χ3v) is 3.11. The van der Waals surface area contributed by atoms with E-state index >= 15 is 0 Å². The zero-order valence-corrected chi connectivity index (χ0v) is 11.9. The highest BCUT2D eigenvalue weighted by Crippen LogP contribution is 2.17. The summed E-state index contributed by atoms with van der Waals surface area (Å²) in [4.78, 5) is 4.81. The van der Waals surface area contributed by atoms with Gasteiger partial charge < -0.3 is 11.1 Å². The molecule has 2 aromatic rings. The summed E-state index contributed by atoms with van der Waals surface area (Å²) in [7, 11) is 0. The third-order valence-electron chi connectivity index (χ3n) is 2.87. The number of aromatic nitrogens is 1. The van der Waals surface area contributed by atoms with Crippen molar-refractivity contribution in [3.63, 3.8) is 0 Å². The van der Waals surface area contributed by atoms with E-state index in [1.807, 2.05) is 31.2 Å². The van der Waals surface area contributed by atoms with Crippen LogP contribution < -0.4 is 11.1 Å². The fourth-order valence-electron chi connectivity index (χ4n) is 1.85. The maximum atomic E-state index is 5.66. The Morgan fingerprint density at radius 2 is 1.95 bits per heavy atom. The van der Waals surface area contributed by atoms with Crippen LogP contribution in [0.2, 0.25) is 0 Å². The van der Waals surface area contributed by atoms with Crippen LogP contribution in [-0.2, 0) is 6.42 Å². The van der Waals surface area contributed by atoms with Gasteiger partial charge in [-0.2, -0.15) is 0 Å². The van der Waals surface area contributed by atoms with Gasteiger partial charge in [0.1, 0.15) is 10.8 Å². The molecule has 0 bridgehead atoms. The van der Waals surface area contributed by atoms with Crippen molar-refractivity contribution >= 4 is 28.7 Å². The smallest absolute Gasteiger partial charge is 0.131 e. The van der Waals surface area contributed by atoms with Crippen LogP contribution in [0.1, 0.15) is 23.7 Å². The van der Waals surface area contributed by atoms with Gasteiger partial charge in [0.15, 0.2) is 0 Å². The molecule has 0 fully saturated rings. The summed E-state index contributed by atoms with van der Waals surface area (Å²) in [6.07, 6.45) is 1.04. The zero-order chi connectivity index (χ0) is 13.8. The van der Waals surface area contributed by atoms with Crippen LogP contribution in [-0.4, -0.2) is 9.97 Å². The first-order valence-corrected chi connectivity index (χ1v) is 6.63. The molecule has 0 unspecified atom stereocenters. The van der Waals surface area contributed by atoms with Gasteiger partial charge in [-0.1, -0.05) is 31.3 Å². The van der Waals surface area contributed by atoms with E-state index in [9.17, 15) is 0 Å². The normalized spacial score (nSPS) is 10.2. The van der Waals surface area contributed by atoms with E-state index in [4.69, 9.17) is 18.0 Å². The molecule has 1 aromatic heterocycles. The van der Waals surface area contributed by atoms with Gasteiger partial charge in [0.2, 0.25) is 0 Å². The monoisotopic (exact) mass is 271 g/mol. The van der Waals surface area contributed by atoms with Crippen LogP contribution in [0, 0.1) is 6.92 Å². The van der Waals surface area contributed by atoms with E-state index in [0.717, 1.165) is 29.2 Å². The minimum Gasteiger partial charge on any atom is -0.389 e.